The first-order valence-corrected chi connectivity index (χ1v) is 11.7. The molecular weight excluding hydrogens is 388 g/mol. The summed E-state index contributed by atoms with van der Waals surface area (Å²) in [7, 11) is -1.76. The molecule has 1 aliphatic carbocycles. The average Bonchev–Trinajstić information content (AvgIpc) is 2.72. The minimum Gasteiger partial charge on any atom is -0.490 e. The zero-order valence-electron chi connectivity index (χ0n) is 17.1. The molecule has 4 rings (SSSR count). The van der Waals surface area contributed by atoms with Gasteiger partial charge in [-0.15, -0.1) is 0 Å². The fourth-order valence-corrected chi connectivity index (χ4v) is 5.73. The number of piperidine rings is 1. The highest BCUT2D eigenvalue weighted by Crippen LogP contribution is 2.28. The largest absolute Gasteiger partial charge is 0.490 e. The van der Waals surface area contributed by atoms with Gasteiger partial charge in [-0.3, -0.25) is 4.79 Å². The first-order chi connectivity index (χ1) is 13.8. The number of hydrogen-bond acceptors (Lipinski definition) is 4. The molecule has 2 heterocycles. The van der Waals surface area contributed by atoms with Crippen molar-refractivity contribution < 1.29 is 13.2 Å². The van der Waals surface area contributed by atoms with E-state index in [0.29, 0.717) is 36.6 Å². The third kappa shape index (κ3) is 4.12. The fraction of sp³-hybridized carbons (Fsp3) is 0.500. The molecule has 1 fully saturated rings. The van der Waals surface area contributed by atoms with E-state index in [2.05, 4.69) is 0 Å². The number of pyridine rings is 1. The molecule has 0 unspecified atom stereocenters. The summed E-state index contributed by atoms with van der Waals surface area (Å²) in [6, 6.07) is 8.94. The van der Waals surface area contributed by atoms with Crippen LogP contribution >= 0.6 is 0 Å². The topological polar surface area (TPSA) is 68.6 Å². The van der Waals surface area contributed by atoms with E-state index < -0.39 is 10.0 Å². The molecule has 0 saturated carbocycles. The van der Waals surface area contributed by atoms with Crippen LogP contribution in [0.15, 0.2) is 40.0 Å². The van der Waals surface area contributed by atoms with E-state index in [-0.39, 0.29) is 11.7 Å². The van der Waals surface area contributed by atoms with Gasteiger partial charge in [0.05, 0.1) is 4.90 Å². The van der Waals surface area contributed by atoms with E-state index in [4.69, 9.17) is 4.74 Å². The summed E-state index contributed by atoms with van der Waals surface area (Å²) in [6.07, 6.45) is 5.44. The summed E-state index contributed by atoms with van der Waals surface area (Å²) in [5.74, 6) is 0.557. The molecule has 0 atom stereocenters. The van der Waals surface area contributed by atoms with E-state index in [1.165, 1.54) is 23.6 Å². The van der Waals surface area contributed by atoms with Crippen LogP contribution in [0.3, 0.4) is 0 Å². The van der Waals surface area contributed by atoms with E-state index in [0.717, 1.165) is 25.0 Å². The van der Waals surface area contributed by atoms with Crippen LogP contribution in [0.4, 0.5) is 0 Å². The van der Waals surface area contributed by atoms with Gasteiger partial charge in [-0.05, 0) is 74.8 Å². The van der Waals surface area contributed by atoms with E-state index in [9.17, 15) is 13.2 Å². The Morgan fingerprint density at radius 3 is 2.38 bits per heavy atom. The first-order valence-electron chi connectivity index (χ1n) is 10.3. The molecule has 0 radical (unpaired) electrons. The van der Waals surface area contributed by atoms with Crippen molar-refractivity contribution in [2.75, 3.05) is 13.1 Å². The zero-order valence-corrected chi connectivity index (χ0v) is 17.9. The van der Waals surface area contributed by atoms with Crippen LogP contribution in [0, 0.1) is 6.92 Å². The molecular formula is C22H28N2O4S. The number of rotatable bonds is 4. The molecule has 29 heavy (non-hydrogen) atoms. The van der Waals surface area contributed by atoms with Gasteiger partial charge in [0.1, 0.15) is 11.9 Å². The van der Waals surface area contributed by atoms with Crippen LogP contribution < -0.4 is 10.3 Å². The van der Waals surface area contributed by atoms with Gasteiger partial charge in [0.25, 0.3) is 5.56 Å². The second-order valence-corrected chi connectivity index (χ2v) is 10.0. The number of benzene rings is 1. The van der Waals surface area contributed by atoms with Crippen LogP contribution in [0.5, 0.6) is 5.75 Å². The van der Waals surface area contributed by atoms with Crippen LogP contribution in [0.25, 0.3) is 0 Å². The minimum atomic E-state index is -3.49. The smallest absolute Gasteiger partial charge is 0.254 e. The number of aromatic nitrogens is 1. The third-order valence-corrected chi connectivity index (χ3v) is 8.03. The van der Waals surface area contributed by atoms with Gasteiger partial charge in [-0.1, -0.05) is 6.07 Å². The van der Waals surface area contributed by atoms with Gasteiger partial charge >= 0.3 is 0 Å². The average molecular weight is 417 g/mol. The lowest BCUT2D eigenvalue weighted by atomic mass is 9.92. The van der Waals surface area contributed by atoms with Crippen molar-refractivity contribution in [1.29, 1.82) is 0 Å². The quantitative estimate of drug-likeness (QED) is 0.769. The molecule has 6 nitrogen and oxygen atoms in total. The summed E-state index contributed by atoms with van der Waals surface area (Å²) in [5.41, 5.74) is 3.19. The molecule has 0 spiro atoms. The van der Waals surface area contributed by atoms with Gasteiger partial charge in [0, 0.05) is 31.9 Å². The lowest BCUT2D eigenvalue weighted by molar-refractivity contribution is 0.134. The van der Waals surface area contributed by atoms with Gasteiger partial charge in [0.2, 0.25) is 10.0 Å². The maximum absolute atomic E-state index is 13.1. The highest BCUT2D eigenvalue weighted by Gasteiger charge is 2.31. The molecule has 0 amide bonds. The first kappa shape index (κ1) is 20.2. The highest BCUT2D eigenvalue weighted by molar-refractivity contribution is 7.89. The van der Waals surface area contributed by atoms with Crippen LogP contribution in [0.2, 0.25) is 0 Å². The van der Waals surface area contributed by atoms with E-state index in [1.807, 2.05) is 25.1 Å². The van der Waals surface area contributed by atoms with Crippen molar-refractivity contribution in [3.63, 3.8) is 0 Å². The Kier molecular flexibility index (Phi) is 5.53. The lowest BCUT2D eigenvalue weighted by Gasteiger charge is -2.31. The molecule has 1 aromatic heterocycles. The molecule has 0 N–H and O–H groups in total. The molecule has 2 aliphatic rings. The van der Waals surface area contributed by atoms with Crippen molar-refractivity contribution in [1.82, 2.24) is 8.87 Å². The Morgan fingerprint density at radius 2 is 1.69 bits per heavy atom. The molecule has 1 aliphatic heterocycles. The normalized spacial score (nSPS) is 18.4. The van der Waals surface area contributed by atoms with Gasteiger partial charge in [-0.2, -0.15) is 4.31 Å². The van der Waals surface area contributed by atoms with E-state index in [1.54, 1.807) is 22.0 Å². The predicted octanol–water partition coefficient (Wildman–Crippen LogP) is 2.80. The zero-order chi connectivity index (χ0) is 20.6. The monoisotopic (exact) mass is 416 g/mol. The Hall–Kier alpha value is -2.12. The fourth-order valence-electron chi connectivity index (χ4n) is 4.21. The SMILES string of the molecule is Cc1cc(OC2CCN(S(=O)(=O)c3ccc4c(c3)CCCC4)CC2)cc(=O)n1C. The van der Waals surface area contributed by atoms with Gasteiger partial charge in [-0.25, -0.2) is 8.42 Å². The van der Waals surface area contributed by atoms with Crippen molar-refractivity contribution in [2.45, 2.75) is 56.4 Å². The Labute approximate surface area is 172 Å². The number of fused-ring (bicyclic) bond motifs is 1. The van der Waals surface area contributed by atoms with Crippen molar-refractivity contribution >= 4 is 10.0 Å². The van der Waals surface area contributed by atoms with Crippen molar-refractivity contribution in [2.24, 2.45) is 7.05 Å². The number of ether oxygens (including phenoxy) is 1. The summed E-state index contributed by atoms with van der Waals surface area (Å²) >= 11 is 0. The summed E-state index contributed by atoms with van der Waals surface area (Å²) < 4.78 is 35.3. The molecule has 1 aromatic carbocycles. The predicted molar refractivity (Wildman–Crippen MR) is 112 cm³/mol. The van der Waals surface area contributed by atoms with Gasteiger partial charge < -0.3 is 9.30 Å². The molecule has 7 heteroatoms. The second-order valence-electron chi connectivity index (χ2n) is 8.09. The number of nitrogens with zero attached hydrogens (tertiary/aromatic N) is 2. The van der Waals surface area contributed by atoms with Crippen molar-refractivity contribution in [3.8, 4) is 5.75 Å². The highest BCUT2D eigenvalue weighted by atomic mass is 32.2. The standard InChI is InChI=1S/C22H28N2O4S/c1-16-13-20(15-22(25)23(16)2)28-19-9-11-24(12-10-19)29(26,27)21-8-7-17-5-3-4-6-18(17)14-21/h7-8,13-15,19H,3-6,9-12H2,1-2H3. The second kappa shape index (κ2) is 7.95. The Balaban J connectivity index is 1.43. The third-order valence-electron chi connectivity index (χ3n) is 6.14. The summed E-state index contributed by atoms with van der Waals surface area (Å²) in [5, 5.41) is 0. The van der Waals surface area contributed by atoms with Gasteiger partial charge in [0.15, 0.2) is 0 Å². The number of hydrogen-bond donors (Lipinski definition) is 0. The lowest BCUT2D eigenvalue weighted by Crippen LogP contribution is -2.41. The van der Waals surface area contributed by atoms with E-state index >= 15 is 0 Å². The number of aryl methyl sites for hydroxylation is 3. The molecule has 2 aromatic rings. The van der Waals surface area contributed by atoms with Crippen molar-refractivity contribution in [3.05, 3.63) is 57.5 Å². The van der Waals surface area contributed by atoms with Crippen LogP contribution in [-0.2, 0) is 29.9 Å². The summed E-state index contributed by atoms with van der Waals surface area (Å²) in [6.45, 7) is 2.71. The molecule has 1 saturated heterocycles. The number of sulfonamides is 1. The van der Waals surface area contributed by atoms with Crippen LogP contribution in [0.1, 0.15) is 42.5 Å². The summed E-state index contributed by atoms with van der Waals surface area (Å²) in [4.78, 5) is 12.3. The maximum atomic E-state index is 13.1. The Bertz CT molecular complexity index is 1070. The Morgan fingerprint density at radius 1 is 1.00 bits per heavy atom. The minimum absolute atomic E-state index is 0.0866. The van der Waals surface area contributed by atoms with Crippen LogP contribution in [-0.4, -0.2) is 36.5 Å². The maximum Gasteiger partial charge on any atom is 0.254 e. The molecule has 0 bridgehead atoms. The molecule has 156 valence electrons.